The highest BCUT2D eigenvalue weighted by Gasteiger charge is 2.28. The zero-order valence-electron chi connectivity index (χ0n) is 15.1. The van der Waals surface area contributed by atoms with Gasteiger partial charge in [-0.1, -0.05) is 11.3 Å². The lowest BCUT2D eigenvalue weighted by molar-refractivity contribution is -0.113. The van der Waals surface area contributed by atoms with Crippen LogP contribution in [0, 0.1) is 0 Å². The average molecular weight is 344 g/mol. The first-order valence-corrected chi connectivity index (χ1v) is 9.18. The minimum Gasteiger partial charge on any atom is -0.387 e. The summed E-state index contributed by atoms with van der Waals surface area (Å²) >= 11 is 0. The summed E-state index contributed by atoms with van der Waals surface area (Å²) in [6.45, 7) is 5.06. The van der Waals surface area contributed by atoms with Gasteiger partial charge in [-0.25, -0.2) is 4.68 Å². The molecular weight excluding hydrogens is 316 g/mol. The van der Waals surface area contributed by atoms with Crippen molar-refractivity contribution in [1.29, 1.82) is 0 Å². The number of aryl methyl sites for hydroxylation is 1. The van der Waals surface area contributed by atoms with E-state index >= 15 is 0 Å². The van der Waals surface area contributed by atoms with E-state index < -0.39 is 6.10 Å². The number of rotatable bonds is 7. The van der Waals surface area contributed by atoms with Gasteiger partial charge in [0.2, 0.25) is 0 Å². The van der Waals surface area contributed by atoms with Crippen LogP contribution in [0.3, 0.4) is 0 Å². The van der Waals surface area contributed by atoms with Crippen LogP contribution < -0.4 is 0 Å². The number of hydrogen-bond acceptors (Lipinski definition) is 5. The summed E-state index contributed by atoms with van der Waals surface area (Å²) in [7, 11) is 0. The number of nitrogens with zero attached hydrogens (tertiary/aromatic N) is 4. The van der Waals surface area contributed by atoms with Gasteiger partial charge in [-0.2, -0.15) is 0 Å². The van der Waals surface area contributed by atoms with Gasteiger partial charge in [0.25, 0.3) is 0 Å². The number of ether oxygens (including phenoxy) is 1. The fourth-order valence-electron chi connectivity index (χ4n) is 3.40. The molecule has 1 aliphatic heterocycles. The summed E-state index contributed by atoms with van der Waals surface area (Å²) in [4.78, 5) is 4.19. The zero-order valence-corrected chi connectivity index (χ0v) is 15.1. The summed E-state index contributed by atoms with van der Waals surface area (Å²) in [5.41, 5.74) is 1.65. The first-order chi connectivity index (χ1) is 12.0. The molecule has 0 amide bonds. The molecule has 3 heterocycles. The van der Waals surface area contributed by atoms with Crippen LogP contribution in [-0.4, -0.2) is 36.8 Å². The first kappa shape index (κ1) is 18.0. The Morgan fingerprint density at radius 2 is 2.28 bits per heavy atom. The van der Waals surface area contributed by atoms with E-state index in [2.05, 4.69) is 29.1 Å². The smallest absolute Gasteiger partial charge is 0.0959 e. The van der Waals surface area contributed by atoms with Crippen molar-refractivity contribution in [2.24, 2.45) is 0 Å². The van der Waals surface area contributed by atoms with Crippen molar-refractivity contribution in [1.82, 2.24) is 20.0 Å². The Bertz CT molecular complexity index is 656. The monoisotopic (exact) mass is 344 g/mol. The van der Waals surface area contributed by atoms with Crippen molar-refractivity contribution in [2.75, 3.05) is 0 Å². The Hall–Kier alpha value is -1.79. The van der Waals surface area contributed by atoms with Gasteiger partial charge in [0, 0.05) is 12.4 Å². The largest absolute Gasteiger partial charge is 0.387 e. The normalized spacial score (nSPS) is 21.2. The van der Waals surface area contributed by atoms with E-state index in [4.69, 9.17) is 4.74 Å². The van der Waals surface area contributed by atoms with Crippen LogP contribution in [0.25, 0.3) is 0 Å². The highest BCUT2D eigenvalue weighted by Crippen LogP contribution is 2.28. The van der Waals surface area contributed by atoms with E-state index in [0.29, 0.717) is 6.42 Å². The fourth-order valence-corrected chi connectivity index (χ4v) is 3.40. The number of hydrogen-bond donors (Lipinski definition) is 1. The SMILES string of the molecule is CC1(C)CCCC(Cn2cc(CCCC(O)c3ccccn3)nn2)O1. The second-order valence-electron chi connectivity index (χ2n) is 7.49. The maximum Gasteiger partial charge on any atom is 0.0959 e. The van der Waals surface area contributed by atoms with Crippen molar-refractivity contribution in [3.05, 3.63) is 42.0 Å². The van der Waals surface area contributed by atoms with Gasteiger partial charge in [0.05, 0.1) is 35.7 Å². The van der Waals surface area contributed by atoms with Crippen LogP contribution in [0.2, 0.25) is 0 Å². The maximum absolute atomic E-state index is 10.1. The van der Waals surface area contributed by atoms with E-state index in [-0.39, 0.29) is 11.7 Å². The van der Waals surface area contributed by atoms with Gasteiger partial charge in [0.15, 0.2) is 0 Å². The molecule has 0 spiro atoms. The van der Waals surface area contributed by atoms with Crippen molar-refractivity contribution < 1.29 is 9.84 Å². The first-order valence-electron chi connectivity index (χ1n) is 9.18. The summed E-state index contributed by atoms with van der Waals surface area (Å²) in [5, 5.41) is 18.6. The lowest BCUT2D eigenvalue weighted by Crippen LogP contribution is -2.37. The predicted molar refractivity (Wildman–Crippen MR) is 95.0 cm³/mol. The molecule has 2 unspecified atom stereocenters. The Morgan fingerprint density at radius 3 is 3.04 bits per heavy atom. The van der Waals surface area contributed by atoms with Crippen LogP contribution in [0.5, 0.6) is 0 Å². The lowest BCUT2D eigenvalue weighted by atomic mass is 9.95. The average Bonchev–Trinajstić information content (AvgIpc) is 3.02. The molecule has 0 bridgehead atoms. The molecule has 6 nitrogen and oxygen atoms in total. The fraction of sp³-hybridized carbons (Fsp3) is 0.632. The van der Waals surface area contributed by atoms with Crippen LogP contribution in [-0.2, 0) is 17.7 Å². The molecule has 1 aliphatic rings. The third-order valence-corrected chi connectivity index (χ3v) is 4.71. The molecule has 6 heteroatoms. The highest BCUT2D eigenvalue weighted by atomic mass is 16.5. The molecule has 1 fully saturated rings. The molecule has 1 N–H and O–H groups in total. The molecule has 0 saturated carbocycles. The quantitative estimate of drug-likeness (QED) is 0.835. The molecule has 3 rings (SSSR count). The van der Waals surface area contributed by atoms with Gasteiger partial charge in [-0.15, -0.1) is 5.10 Å². The summed E-state index contributed by atoms with van der Waals surface area (Å²) in [6, 6.07) is 5.60. The number of aliphatic hydroxyl groups excluding tert-OH is 1. The van der Waals surface area contributed by atoms with Gasteiger partial charge in [0.1, 0.15) is 0 Å². The van der Waals surface area contributed by atoms with Gasteiger partial charge >= 0.3 is 0 Å². The predicted octanol–water partition coefficient (Wildman–Crippen LogP) is 3.08. The van der Waals surface area contributed by atoms with Gasteiger partial charge in [-0.05, 0) is 64.5 Å². The van der Waals surface area contributed by atoms with Gasteiger partial charge in [-0.3, -0.25) is 4.98 Å². The highest BCUT2D eigenvalue weighted by molar-refractivity contribution is 5.06. The molecule has 2 aromatic heterocycles. The van der Waals surface area contributed by atoms with Crippen LogP contribution >= 0.6 is 0 Å². The molecule has 136 valence electrons. The number of aromatic nitrogens is 4. The zero-order chi connectivity index (χ0) is 17.7. The summed E-state index contributed by atoms with van der Waals surface area (Å²) in [6.07, 6.45) is 9.12. The Balaban J connectivity index is 1.44. The van der Waals surface area contributed by atoms with Gasteiger partial charge < -0.3 is 9.84 Å². The van der Waals surface area contributed by atoms with Crippen LogP contribution in [0.4, 0.5) is 0 Å². The molecule has 0 radical (unpaired) electrons. The van der Waals surface area contributed by atoms with E-state index in [1.165, 1.54) is 6.42 Å². The molecule has 2 aromatic rings. The Labute approximate surface area is 149 Å². The van der Waals surface area contributed by atoms with Crippen LogP contribution in [0.15, 0.2) is 30.6 Å². The molecule has 1 saturated heterocycles. The molecule has 0 aliphatic carbocycles. The van der Waals surface area contributed by atoms with E-state index in [1.807, 2.05) is 29.1 Å². The second-order valence-corrected chi connectivity index (χ2v) is 7.49. The van der Waals surface area contributed by atoms with Crippen molar-refractivity contribution in [3.8, 4) is 0 Å². The number of pyridine rings is 1. The molecule has 0 aromatic carbocycles. The van der Waals surface area contributed by atoms with Crippen molar-refractivity contribution in [2.45, 2.75) is 76.7 Å². The lowest BCUT2D eigenvalue weighted by Gasteiger charge is -2.35. The minimum atomic E-state index is -0.519. The topological polar surface area (TPSA) is 73.1 Å². The van der Waals surface area contributed by atoms with E-state index in [0.717, 1.165) is 43.6 Å². The van der Waals surface area contributed by atoms with E-state index in [1.54, 1.807) is 6.20 Å². The molecule has 2 atom stereocenters. The summed E-state index contributed by atoms with van der Waals surface area (Å²) < 4.78 is 8.01. The third kappa shape index (κ3) is 5.34. The number of aliphatic hydroxyl groups is 1. The minimum absolute atomic E-state index is 0.0338. The van der Waals surface area contributed by atoms with Crippen molar-refractivity contribution >= 4 is 0 Å². The van der Waals surface area contributed by atoms with Crippen LogP contribution in [0.1, 0.15) is 63.4 Å². The van der Waals surface area contributed by atoms with E-state index in [9.17, 15) is 5.11 Å². The summed E-state index contributed by atoms with van der Waals surface area (Å²) in [5.74, 6) is 0. The second kappa shape index (κ2) is 8.06. The Morgan fingerprint density at radius 1 is 1.40 bits per heavy atom. The standard InChI is InChI=1S/C19H28N4O2/c1-19(2)11-6-8-16(25-19)14-23-13-15(21-22-23)7-5-10-18(24)17-9-3-4-12-20-17/h3-4,9,12-13,16,18,24H,5-8,10-11,14H2,1-2H3. The molecular formula is C19H28N4O2. The van der Waals surface area contributed by atoms with Crippen molar-refractivity contribution in [3.63, 3.8) is 0 Å². The third-order valence-electron chi connectivity index (χ3n) is 4.71. The molecule has 25 heavy (non-hydrogen) atoms. The maximum atomic E-state index is 10.1. The Kier molecular flexibility index (Phi) is 5.81.